The predicted octanol–water partition coefficient (Wildman–Crippen LogP) is 2.15. The van der Waals surface area contributed by atoms with E-state index in [2.05, 4.69) is 22.9 Å². The van der Waals surface area contributed by atoms with Crippen LogP contribution in [0.1, 0.15) is 24.2 Å². The molecule has 1 saturated carbocycles. The molecule has 0 saturated heterocycles. The summed E-state index contributed by atoms with van der Waals surface area (Å²) >= 11 is 0. The van der Waals surface area contributed by atoms with E-state index in [1.807, 2.05) is 19.4 Å². The summed E-state index contributed by atoms with van der Waals surface area (Å²) in [6, 6.07) is 2.88. The second-order valence-corrected chi connectivity index (χ2v) is 4.40. The standard InChI is InChI=1S/C13H20N2O/c1-3-6-15(12-4-5-12)9-13-7-11(8-14-2)10-16-13/h3,7,10,12,14H,1,4-6,8-9H2,2H3. The first-order valence-electron chi connectivity index (χ1n) is 5.89. The Bertz CT molecular complexity index is 341. The van der Waals surface area contributed by atoms with E-state index in [0.29, 0.717) is 0 Å². The van der Waals surface area contributed by atoms with Crippen LogP contribution < -0.4 is 5.32 Å². The summed E-state index contributed by atoms with van der Waals surface area (Å²) in [5.74, 6) is 1.05. The highest BCUT2D eigenvalue weighted by Gasteiger charge is 2.28. The van der Waals surface area contributed by atoms with Crippen LogP contribution in [0.25, 0.3) is 0 Å². The summed E-state index contributed by atoms with van der Waals surface area (Å²) in [5, 5.41) is 3.12. The van der Waals surface area contributed by atoms with Gasteiger partial charge in [-0.1, -0.05) is 6.08 Å². The maximum Gasteiger partial charge on any atom is 0.118 e. The minimum Gasteiger partial charge on any atom is -0.468 e. The van der Waals surface area contributed by atoms with Crippen molar-refractivity contribution < 1.29 is 4.42 Å². The topological polar surface area (TPSA) is 28.4 Å². The van der Waals surface area contributed by atoms with Crippen LogP contribution in [-0.2, 0) is 13.1 Å². The quantitative estimate of drug-likeness (QED) is 0.714. The third kappa shape index (κ3) is 2.97. The monoisotopic (exact) mass is 220 g/mol. The Morgan fingerprint density at radius 3 is 3.06 bits per heavy atom. The molecule has 1 fully saturated rings. The van der Waals surface area contributed by atoms with Crippen LogP contribution in [0.5, 0.6) is 0 Å². The molecule has 1 aliphatic rings. The van der Waals surface area contributed by atoms with Gasteiger partial charge in [-0.05, 0) is 26.0 Å². The molecule has 0 aliphatic heterocycles. The molecule has 88 valence electrons. The van der Waals surface area contributed by atoms with Crippen molar-refractivity contribution >= 4 is 0 Å². The zero-order valence-corrected chi connectivity index (χ0v) is 9.91. The summed E-state index contributed by atoms with van der Waals surface area (Å²) in [4.78, 5) is 2.43. The molecule has 0 radical (unpaired) electrons. The highest BCUT2D eigenvalue weighted by atomic mass is 16.3. The van der Waals surface area contributed by atoms with E-state index in [9.17, 15) is 0 Å². The number of hydrogen-bond donors (Lipinski definition) is 1. The van der Waals surface area contributed by atoms with Crippen molar-refractivity contribution in [3.05, 3.63) is 36.3 Å². The predicted molar refractivity (Wildman–Crippen MR) is 65.1 cm³/mol. The van der Waals surface area contributed by atoms with Gasteiger partial charge in [0.05, 0.1) is 12.8 Å². The van der Waals surface area contributed by atoms with Gasteiger partial charge in [-0.15, -0.1) is 6.58 Å². The first kappa shape index (κ1) is 11.4. The number of rotatable bonds is 7. The lowest BCUT2D eigenvalue weighted by atomic mass is 10.3. The first-order chi connectivity index (χ1) is 7.83. The molecular formula is C13H20N2O. The summed E-state index contributed by atoms with van der Waals surface area (Å²) in [5.41, 5.74) is 1.21. The van der Waals surface area contributed by atoms with E-state index in [1.54, 1.807) is 0 Å². The van der Waals surface area contributed by atoms with Crippen LogP contribution in [0.15, 0.2) is 29.4 Å². The van der Waals surface area contributed by atoms with Gasteiger partial charge in [0.15, 0.2) is 0 Å². The van der Waals surface area contributed by atoms with Crippen LogP contribution in [0.2, 0.25) is 0 Å². The van der Waals surface area contributed by atoms with Gasteiger partial charge in [0.25, 0.3) is 0 Å². The van der Waals surface area contributed by atoms with Crippen LogP contribution in [-0.4, -0.2) is 24.5 Å². The molecule has 2 rings (SSSR count). The Kier molecular flexibility index (Phi) is 3.80. The Morgan fingerprint density at radius 2 is 2.44 bits per heavy atom. The van der Waals surface area contributed by atoms with Gasteiger partial charge in [0.1, 0.15) is 5.76 Å². The molecule has 3 heteroatoms. The zero-order valence-electron chi connectivity index (χ0n) is 9.91. The van der Waals surface area contributed by atoms with Gasteiger partial charge in [-0.2, -0.15) is 0 Å². The average Bonchev–Trinajstić information content (AvgIpc) is 3.02. The van der Waals surface area contributed by atoms with E-state index in [1.165, 1.54) is 18.4 Å². The van der Waals surface area contributed by atoms with Crippen molar-refractivity contribution in [3.8, 4) is 0 Å². The third-order valence-electron chi connectivity index (χ3n) is 2.87. The Balaban J connectivity index is 1.92. The van der Waals surface area contributed by atoms with Gasteiger partial charge in [0.2, 0.25) is 0 Å². The van der Waals surface area contributed by atoms with E-state index < -0.39 is 0 Å². The maximum atomic E-state index is 5.56. The van der Waals surface area contributed by atoms with Crippen molar-refractivity contribution in [1.82, 2.24) is 10.2 Å². The first-order valence-corrected chi connectivity index (χ1v) is 5.89. The van der Waals surface area contributed by atoms with E-state index in [-0.39, 0.29) is 0 Å². The summed E-state index contributed by atoms with van der Waals surface area (Å²) in [7, 11) is 1.95. The van der Waals surface area contributed by atoms with Gasteiger partial charge in [-0.3, -0.25) is 4.90 Å². The minimum absolute atomic E-state index is 0.746. The molecule has 1 aliphatic carbocycles. The number of nitrogens with one attached hydrogen (secondary N) is 1. The maximum absolute atomic E-state index is 5.56. The smallest absolute Gasteiger partial charge is 0.118 e. The minimum atomic E-state index is 0.746. The van der Waals surface area contributed by atoms with Gasteiger partial charge in [-0.25, -0.2) is 0 Å². The van der Waals surface area contributed by atoms with Gasteiger partial charge in [0, 0.05) is 24.7 Å². The van der Waals surface area contributed by atoms with Crippen LogP contribution in [0.3, 0.4) is 0 Å². The van der Waals surface area contributed by atoms with Crippen molar-refractivity contribution in [2.24, 2.45) is 0 Å². The van der Waals surface area contributed by atoms with Crippen molar-refractivity contribution in [2.45, 2.75) is 32.0 Å². The number of hydrogen-bond acceptors (Lipinski definition) is 3. The molecule has 1 aromatic heterocycles. The fourth-order valence-corrected chi connectivity index (χ4v) is 1.95. The zero-order chi connectivity index (χ0) is 11.4. The fourth-order valence-electron chi connectivity index (χ4n) is 1.95. The Labute approximate surface area is 97.1 Å². The normalized spacial score (nSPS) is 15.6. The summed E-state index contributed by atoms with van der Waals surface area (Å²) in [6.45, 7) is 6.53. The van der Waals surface area contributed by atoms with Gasteiger partial charge >= 0.3 is 0 Å². The molecule has 0 bridgehead atoms. The fraction of sp³-hybridized carbons (Fsp3) is 0.538. The molecule has 1 aromatic rings. The van der Waals surface area contributed by atoms with Crippen molar-refractivity contribution in [2.75, 3.05) is 13.6 Å². The SMILES string of the molecule is C=CCN(Cc1cc(CNC)co1)C1CC1. The molecule has 3 nitrogen and oxygen atoms in total. The third-order valence-corrected chi connectivity index (χ3v) is 2.87. The number of nitrogens with zero attached hydrogens (tertiary/aromatic N) is 1. The molecule has 0 spiro atoms. The van der Waals surface area contributed by atoms with Gasteiger partial charge < -0.3 is 9.73 Å². The van der Waals surface area contributed by atoms with E-state index in [0.717, 1.165) is 31.4 Å². The van der Waals surface area contributed by atoms with E-state index >= 15 is 0 Å². The molecule has 16 heavy (non-hydrogen) atoms. The molecule has 0 aromatic carbocycles. The molecule has 0 atom stereocenters. The second-order valence-electron chi connectivity index (χ2n) is 4.40. The van der Waals surface area contributed by atoms with Crippen molar-refractivity contribution in [1.29, 1.82) is 0 Å². The summed E-state index contributed by atoms with van der Waals surface area (Å²) < 4.78 is 5.56. The van der Waals surface area contributed by atoms with Crippen LogP contribution >= 0.6 is 0 Å². The lowest BCUT2D eigenvalue weighted by molar-refractivity contribution is 0.258. The largest absolute Gasteiger partial charge is 0.468 e. The highest BCUT2D eigenvalue weighted by Crippen LogP contribution is 2.28. The molecule has 0 amide bonds. The lowest BCUT2D eigenvalue weighted by Crippen LogP contribution is -2.25. The molecule has 1 N–H and O–H groups in total. The number of furan rings is 1. The molecular weight excluding hydrogens is 200 g/mol. The molecule has 1 heterocycles. The average molecular weight is 220 g/mol. The van der Waals surface area contributed by atoms with Crippen molar-refractivity contribution in [3.63, 3.8) is 0 Å². The highest BCUT2D eigenvalue weighted by molar-refractivity contribution is 5.13. The lowest BCUT2D eigenvalue weighted by Gasteiger charge is -2.18. The Morgan fingerprint density at radius 1 is 1.62 bits per heavy atom. The van der Waals surface area contributed by atoms with E-state index in [4.69, 9.17) is 4.42 Å². The summed E-state index contributed by atoms with van der Waals surface area (Å²) in [6.07, 6.45) is 6.44. The second kappa shape index (κ2) is 5.32. The van der Waals surface area contributed by atoms with Crippen LogP contribution in [0.4, 0.5) is 0 Å². The van der Waals surface area contributed by atoms with Crippen LogP contribution in [0, 0.1) is 0 Å². The Hall–Kier alpha value is -1.06. The molecule has 0 unspecified atom stereocenters.